The average Bonchev–Trinajstić information content (AvgIpc) is 2.30. The first-order valence-electron chi connectivity index (χ1n) is 5.28. The Morgan fingerprint density at radius 3 is 3.19 bits per heavy atom. The summed E-state index contributed by atoms with van der Waals surface area (Å²) in [6.07, 6.45) is 1.09. The van der Waals surface area contributed by atoms with Crippen molar-refractivity contribution in [2.75, 3.05) is 13.7 Å². The third kappa shape index (κ3) is 2.17. The molecule has 0 saturated carbocycles. The molecule has 2 N–H and O–H groups in total. The summed E-state index contributed by atoms with van der Waals surface area (Å²) in [4.78, 5) is 11.1. The van der Waals surface area contributed by atoms with Crippen LogP contribution in [0.1, 0.15) is 23.6 Å². The number of carbonyl (C=O) groups is 1. The molecule has 1 aliphatic heterocycles. The van der Waals surface area contributed by atoms with E-state index in [1.807, 2.05) is 18.2 Å². The maximum atomic E-state index is 11.1. The summed E-state index contributed by atoms with van der Waals surface area (Å²) in [7, 11) is 1.38. The zero-order chi connectivity index (χ0) is 11.5. The van der Waals surface area contributed by atoms with Crippen molar-refractivity contribution in [3.63, 3.8) is 0 Å². The van der Waals surface area contributed by atoms with E-state index in [0.717, 1.165) is 23.3 Å². The molecule has 16 heavy (non-hydrogen) atoms. The van der Waals surface area contributed by atoms with Crippen molar-refractivity contribution < 1.29 is 14.3 Å². The second kappa shape index (κ2) is 4.53. The maximum absolute atomic E-state index is 11.1. The zero-order valence-corrected chi connectivity index (χ0v) is 9.23. The van der Waals surface area contributed by atoms with Gasteiger partial charge in [0.05, 0.1) is 20.1 Å². The fraction of sp³-hybridized carbons (Fsp3) is 0.417. The van der Waals surface area contributed by atoms with Crippen LogP contribution in [0.25, 0.3) is 0 Å². The highest BCUT2D eigenvalue weighted by Gasteiger charge is 2.18. The van der Waals surface area contributed by atoms with E-state index < -0.39 is 0 Å². The Morgan fingerprint density at radius 2 is 2.44 bits per heavy atom. The number of rotatable bonds is 2. The number of fused-ring (bicyclic) bond motifs is 1. The molecule has 0 unspecified atom stereocenters. The van der Waals surface area contributed by atoms with Gasteiger partial charge in [0.2, 0.25) is 0 Å². The third-order valence-electron chi connectivity index (χ3n) is 2.74. The first kappa shape index (κ1) is 11.0. The number of hydrogen-bond donors (Lipinski definition) is 1. The highest BCUT2D eigenvalue weighted by atomic mass is 16.5. The molecule has 0 aromatic heterocycles. The molecule has 0 bridgehead atoms. The van der Waals surface area contributed by atoms with Crippen LogP contribution in [0.2, 0.25) is 0 Å². The van der Waals surface area contributed by atoms with Crippen LogP contribution >= 0.6 is 0 Å². The van der Waals surface area contributed by atoms with Crippen LogP contribution in [0.15, 0.2) is 18.2 Å². The molecule has 1 aliphatic rings. The van der Waals surface area contributed by atoms with Crippen LogP contribution in [0, 0.1) is 0 Å². The van der Waals surface area contributed by atoms with Crippen LogP contribution in [0.5, 0.6) is 5.75 Å². The molecule has 0 radical (unpaired) electrons. The second-order valence-corrected chi connectivity index (χ2v) is 3.87. The van der Waals surface area contributed by atoms with Gasteiger partial charge < -0.3 is 15.2 Å². The Hall–Kier alpha value is -1.55. The molecule has 0 amide bonds. The summed E-state index contributed by atoms with van der Waals surface area (Å²) < 4.78 is 10.1. The molecule has 1 heterocycles. The number of carbonyl (C=O) groups excluding carboxylic acids is 1. The van der Waals surface area contributed by atoms with Crippen LogP contribution < -0.4 is 10.5 Å². The molecule has 0 aliphatic carbocycles. The molecule has 1 atom stereocenters. The van der Waals surface area contributed by atoms with Gasteiger partial charge in [0, 0.05) is 18.0 Å². The van der Waals surface area contributed by atoms with Gasteiger partial charge in [-0.2, -0.15) is 0 Å². The van der Waals surface area contributed by atoms with Crippen LogP contribution in [0.4, 0.5) is 0 Å². The maximum Gasteiger partial charge on any atom is 0.309 e. The molecule has 86 valence electrons. The first-order chi connectivity index (χ1) is 7.70. The van der Waals surface area contributed by atoms with Crippen molar-refractivity contribution in [3.8, 4) is 5.75 Å². The van der Waals surface area contributed by atoms with Gasteiger partial charge in [-0.05, 0) is 17.7 Å². The molecule has 4 heteroatoms. The normalized spacial score (nSPS) is 18.5. The number of ether oxygens (including phenoxy) is 2. The Bertz CT molecular complexity index is 403. The summed E-state index contributed by atoms with van der Waals surface area (Å²) in [5.74, 6) is 0.581. The van der Waals surface area contributed by atoms with Crippen molar-refractivity contribution in [1.29, 1.82) is 0 Å². The van der Waals surface area contributed by atoms with E-state index in [-0.39, 0.29) is 18.4 Å². The summed E-state index contributed by atoms with van der Waals surface area (Å²) in [5, 5.41) is 0. The molecule has 2 rings (SSSR count). The number of methoxy groups -OCH3 is 1. The first-order valence-corrected chi connectivity index (χ1v) is 5.28. The van der Waals surface area contributed by atoms with Gasteiger partial charge in [0.15, 0.2) is 0 Å². The zero-order valence-electron chi connectivity index (χ0n) is 9.23. The predicted octanol–water partition coefficient (Wildman–Crippen LogP) is 1.18. The van der Waals surface area contributed by atoms with Gasteiger partial charge in [-0.25, -0.2) is 0 Å². The van der Waals surface area contributed by atoms with Crippen LogP contribution in [0.3, 0.4) is 0 Å². The molecular formula is C12H15NO3. The van der Waals surface area contributed by atoms with E-state index in [1.54, 1.807) is 0 Å². The average molecular weight is 221 g/mol. The molecule has 0 spiro atoms. The SMILES string of the molecule is COC(=O)Cc1ccc2c(c1)[C@@H](N)CCO2. The van der Waals surface area contributed by atoms with Gasteiger partial charge in [-0.1, -0.05) is 6.07 Å². The Balaban J connectivity index is 2.23. The topological polar surface area (TPSA) is 61.5 Å². The fourth-order valence-electron chi connectivity index (χ4n) is 1.82. The van der Waals surface area contributed by atoms with E-state index in [4.69, 9.17) is 10.5 Å². The van der Waals surface area contributed by atoms with Crippen molar-refractivity contribution >= 4 is 5.97 Å². The minimum absolute atomic E-state index is 0.00125. The minimum Gasteiger partial charge on any atom is -0.493 e. The highest BCUT2D eigenvalue weighted by molar-refractivity contribution is 5.72. The van der Waals surface area contributed by atoms with E-state index in [2.05, 4.69) is 4.74 Å². The Morgan fingerprint density at radius 1 is 1.62 bits per heavy atom. The number of hydrogen-bond acceptors (Lipinski definition) is 4. The van der Waals surface area contributed by atoms with Gasteiger partial charge in [0.25, 0.3) is 0 Å². The monoisotopic (exact) mass is 221 g/mol. The Labute approximate surface area is 94.3 Å². The van der Waals surface area contributed by atoms with E-state index >= 15 is 0 Å². The lowest BCUT2D eigenvalue weighted by Crippen LogP contribution is -2.21. The van der Waals surface area contributed by atoms with Crippen molar-refractivity contribution in [3.05, 3.63) is 29.3 Å². The van der Waals surface area contributed by atoms with Gasteiger partial charge in [-0.15, -0.1) is 0 Å². The van der Waals surface area contributed by atoms with E-state index in [9.17, 15) is 4.79 Å². The van der Waals surface area contributed by atoms with Crippen LogP contribution in [-0.4, -0.2) is 19.7 Å². The highest BCUT2D eigenvalue weighted by Crippen LogP contribution is 2.31. The number of esters is 1. The summed E-state index contributed by atoms with van der Waals surface area (Å²) in [5.41, 5.74) is 7.87. The van der Waals surface area contributed by atoms with Crippen molar-refractivity contribution in [1.82, 2.24) is 0 Å². The second-order valence-electron chi connectivity index (χ2n) is 3.87. The summed E-state index contributed by atoms with van der Waals surface area (Å²) >= 11 is 0. The van der Waals surface area contributed by atoms with Gasteiger partial charge in [0.1, 0.15) is 5.75 Å². The molecule has 0 fully saturated rings. The van der Waals surface area contributed by atoms with E-state index in [1.165, 1.54) is 7.11 Å². The van der Waals surface area contributed by atoms with Gasteiger partial charge >= 0.3 is 5.97 Å². The number of benzene rings is 1. The third-order valence-corrected chi connectivity index (χ3v) is 2.74. The summed E-state index contributed by atoms with van der Waals surface area (Å²) in [6, 6.07) is 5.66. The largest absolute Gasteiger partial charge is 0.493 e. The molecule has 4 nitrogen and oxygen atoms in total. The lowest BCUT2D eigenvalue weighted by Gasteiger charge is -2.23. The van der Waals surface area contributed by atoms with Crippen LogP contribution in [-0.2, 0) is 16.0 Å². The molecule has 1 aromatic rings. The molecule has 0 saturated heterocycles. The lowest BCUT2D eigenvalue weighted by atomic mass is 9.98. The lowest BCUT2D eigenvalue weighted by molar-refractivity contribution is -0.139. The van der Waals surface area contributed by atoms with Crippen molar-refractivity contribution in [2.45, 2.75) is 18.9 Å². The quantitative estimate of drug-likeness (QED) is 0.762. The molecular weight excluding hydrogens is 206 g/mol. The molecule has 1 aromatic carbocycles. The Kier molecular flexibility index (Phi) is 3.10. The summed E-state index contributed by atoms with van der Waals surface area (Å²) in [6.45, 7) is 0.657. The minimum atomic E-state index is -0.245. The fourth-order valence-corrected chi connectivity index (χ4v) is 1.82. The predicted molar refractivity (Wildman–Crippen MR) is 59.2 cm³/mol. The van der Waals surface area contributed by atoms with Gasteiger partial charge in [-0.3, -0.25) is 4.79 Å². The smallest absolute Gasteiger partial charge is 0.309 e. The van der Waals surface area contributed by atoms with Crippen molar-refractivity contribution in [2.24, 2.45) is 5.73 Å². The number of nitrogens with two attached hydrogens (primary N) is 1. The van der Waals surface area contributed by atoms with E-state index in [0.29, 0.717) is 6.61 Å². The standard InChI is InChI=1S/C12H15NO3/c1-15-12(14)7-8-2-3-11-9(6-8)10(13)4-5-16-11/h2-3,6,10H,4-5,7,13H2,1H3/t10-/m0/s1.